The van der Waals surface area contributed by atoms with Crippen LogP contribution in [0.2, 0.25) is 0 Å². The van der Waals surface area contributed by atoms with Crippen LogP contribution in [-0.4, -0.2) is 17.1 Å². The molecule has 0 aliphatic heterocycles. The molecule has 0 bridgehead atoms. The minimum Gasteiger partial charge on any atom is -0.481 e. The van der Waals surface area contributed by atoms with Crippen LogP contribution in [0.5, 0.6) is 5.88 Å². The molecule has 1 aromatic rings. The number of aromatic nitrogens is 2. The number of nitrogens with two attached hydrogens (primary N) is 1. The lowest BCUT2D eigenvalue weighted by Gasteiger charge is -2.16. The van der Waals surface area contributed by atoms with E-state index in [-0.39, 0.29) is 17.6 Å². The summed E-state index contributed by atoms with van der Waals surface area (Å²) in [5.41, 5.74) is 4.68. The standard InChI is InChI=1S/C10H14F3N3O/c1-5(2)8(14)9-15-6(10(11,12)13)4-7(16-9)17-3/h4-5,8H,14H2,1-3H3. The minimum atomic E-state index is -4.54. The summed E-state index contributed by atoms with van der Waals surface area (Å²) in [6, 6.07) is 0.0856. The van der Waals surface area contributed by atoms with Crippen molar-refractivity contribution in [1.29, 1.82) is 0 Å². The third kappa shape index (κ3) is 3.29. The first kappa shape index (κ1) is 13.7. The van der Waals surface area contributed by atoms with Crippen molar-refractivity contribution in [2.24, 2.45) is 11.7 Å². The molecule has 0 amide bonds. The minimum absolute atomic E-state index is 0.0633. The summed E-state index contributed by atoms with van der Waals surface area (Å²) in [4.78, 5) is 7.26. The first-order valence-electron chi connectivity index (χ1n) is 5.01. The third-order valence-electron chi connectivity index (χ3n) is 2.24. The van der Waals surface area contributed by atoms with Gasteiger partial charge in [-0.1, -0.05) is 13.8 Å². The SMILES string of the molecule is COc1cc(C(F)(F)F)nc(C(N)C(C)C)n1. The second-order valence-electron chi connectivity index (χ2n) is 3.92. The van der Waals surface area contributed by atoms with Gasteiger partial charge in [0.15, 0.2) is 5.69 Å². The van der Waals surface area contributed by atoms with E-state index in [1.165, 1.54) is 7.11 Å². The maximum absolute atomic E-state index is 12.6. The molecule has 17 heavy (non-hydrogen) atoms. The van der Waals surface area contributed by atoms with Gasteiger partial charge in [0, 0.05) is 6.07 Å². The molecule has 1 rings (SSSR count). The van der Waals surface area contributed by atoms with Crippen molar-refractivity contribution in [3.63, 3.8) is 0 Å². The van der Waals surface area contributed by atoms with E-state index in [9.17, 15) is 13.2 Å². The summed E-state index contributed by atoms with van der Waals surface area (Å²) in [6.45, 7) is 3.56. The molecule has 0 spiro atoms. The van der Waals surface area contributed by atoms with Crippen molar-refractivity contribution >= 4 is 0 Å². The molecule has 0 saturated heterocycles. The van der Waals surface area contributed by atoms with E-state index < -0.39 is 17.9 Å². The number of halogens is 3. The molecule has 1 unspecified atom stereocenters. The Kier molecular flexibility index (Phi) is 3.92. The monoisotopic (exact) mass is 249 g/mol. The Labute approximate surface area is 97.0 Å². The van der Waals surface area contributed by atoms with Crippen molar-refractivity contribution in [1.82, 2.24) is 9.97 Å². The number of nitrogens with zero attached hydrogens (tertiary/aromatic N) is 2. The summed E-state index contributed by atoms with van der Waals surface area (Å²) < 4.78 is 42.4. The van der Waals surface area contributed by atoms with Gasteiger partial charge in [0.25, 0.3) is 0 Å². The fourth-order valence-electron chi connectivity index (χ4n) is 1.14. The predicted molar refractivity (Wildman–Crippen MR) is 55.4 cm³/mol. The van der Waals surface area contributed by atoms with Gasteiger partial charge in [-0.15, -0.1) is 0 Å². The number of alkyl halides is 3. The quantitative estimate of drug-likeness (QED) is 0.891. The fourth-order valence-corrected chi connectivity index (χ4v) is 1.14. The van der Waals surface area contributed by atoms with Crippen LogP contribution in [0.3, 0.4) is 0 Å². The Morgan fingerprint density at radius 2 is 1.88 bits per heavy atom. The zero-order chi connectivity index (χ0) is 13.2. The van der Waals surface area contributed by atoms with Crippen LogP contribution in [0.15, 0.2) is 6.07 Å². The van der Waals surface area contributed by atoms with E-state index in [0.717, 1.165) is 6.07 Å². The molecule has 2 N–H and O–H groups in total. The summed E-state index contributed by atoms with van der Waals surface area (Å²) in [5.74, 6) is -0.270. The van der Waals surface area contributed by atoms with E-state index in [1.54, 1.807) is 13.8 Å². The average Bonchev–Trinajstić information content (AvgIpc) is 2.26. The zero-order valence-electron chi connectivity index (χ0n) is 9.75. The molecule has 1 heterocycles. The third-order valence-corrected chi connectivity index (χ3v) is 2.24. The fraction of sp³-hybridized carbons (Fsp3) is 0.600. The smallest absolute Gasteiger partial charge is 0.433 e. The van der Waals surface area contributed by atoms with Crippen LogP contribution in [0.1, 0.15) is 31.4 Å². The van der Waals surface area contributed by atoms with Crippen molar-refractivity contribution in [3.8, 4) is 5.88 Å². The van der Waals surface area contributed by atoms with Crippen LogP contribution >= 0.6 is 0 Å². The molecule has 0 saturated carbocycles. The second kappa shape index (κ2) is 4.87. The normalized spacial score (nSPS) is 13.9. The Morgan fingerprint density at radius 1 is 1.29 bits per heavy atom. The highest BCUT2D eigenvalue weighted by atomic mass is 19.4. The molecular weight excluding hydrogens is 235 g/mol. The highest BCUT2D eigenvalue weighted by Gasteiger charge is 2.34. The number of hydrogen-bond acceptors (Lipinski definition) is 4. The number of methoxy groups -OCH3 is 1. The van der Waals surface area contributed by atoms with E-state index in [0.29, 0.717) is 0 Å². The van der Waals surface area contributed by atoms with Crippen molar-refractivity contribution in [3.05, 3.63) is 17.6 Å². The van der Waals surface area contributed by atoms with Gasteiger partial charge < -0.3 is 10.5 Å². The Bertz CT molecular complexity index is 393. The molecule has 1 aromatic heterocycles. The average molecular weight is 249 g/mol. The second-order valence-corrected chi connectivity index (χ2v) is 3.92. The summed E-state index contributed by atoms with van der Waals surface area (Å²) in [7, 11) is 1.24. The van der Waals surface area contributed by atoms with Crippen LogP contribution in [-0.2, 0) is 6.18 Å². The van der Waals surface area contributed by atoms with E-state index in [1.807, 2.05) is 0 Å². The molecule has 1 atom stereocenters. The van der Waals surface area contributed by atoms with Gasteiger partial charge in [-0.25, -0.2) is 4.98 Å². The lowest BCUT2D eigenvalue weighted by molar-refractivity contribution is -0.141. The largest absolute Gasteiger partial charge is 0.481 e. The Morgan fingerprint density at radius 3 is 2.29 bits per heavy atom. The van der Waals surface area contributed by atoms with Crippen molar-refractivity contribution in [2.45, 2.75) is 26.1 Å². The molecule has 0 aliphatic rings. The van der Waals surface area contributed by atoms with Crippen LogP contribution in [0.4, 0.5) is 13.2 Å². The highest BCUT2D eigenvalue weighted by molar-refractivity contribution is 5.19. The van der Waals surface area contributed by atoms with Gasteiger partial charge in [0.05, 0.1) is 13.2 Å². The molecule has 0 aromatic carbocycles. The molecule has 96 valence electrons. The summed E-state index contributed by atoms with van der Waals surface area (Å²) >= 11 is 0. The molecule has 7 heteroatoms. The van der Waals surface area contributed by atoms with Gasteiger partial charge in [-0.3, -0.25) is 0 Å². The zero-order valence-corrected chi connectivity index (χ0v) is 9.75. The van der Waals surface area contributed by atoms with Crippen molar-refractivity contribution < 1.29 is 17.9 Å². The lowest BCUT2D eigenvalue weighted by atomic mass is 10.1. The summed E-state index contributed by atoms with van der Waals surface area (Å²) in [5, 5.41) is 0. The highest BCUT2D eigenvalue weighted by Crippen LogP contribution is 2.30. The van der Waals surface area contributed by atoms with Crippen molar-refractivity contribution in [2.75, 3.05) is 7.11 Å². The van der Waals surface area contributed by atoms with Gasteiger partial charge in [0.1, 0.15) is 5.82 Å². The van der Waals surface area contributed by atoms with Gasteiger partial charge in [-0.05, 0) is 5.92 Å². The lowest BCUT2D eigenvalue weighted by Crippen LogP contribution is -2.22. The van der Waals surface area contributed by atoms with Crippen LogP contribution in [0.25, 0.3) is 0 Å². The Balaban J connectivity index is 3.23. The number of ether oxygens (including phenoxy) is 1. The molecular formula is C10H14F3N3O. The molecule has 0 aliphatic carbocycles. The van der Waals surface area contributed by atoms with E-state index in [4.69, 9.17) is 10.5 Å². The maximum atomic E-state index is 12.6. The molecule has 4 nitrogen and oxygen atoms in total. The van der Waals surface area contributed by atoms with E-state index >= 15 is 0 Å². The maximum Gasteiger partial charge on any atom is 0.433 e. The topological polar surface area (TPSA) is 61.0 Å². The molecule has 0 radical (unpaired) electrons. The van der Waals surface area contributed by atoms with Gasteiger partial charge in [-0.2, -0.15) is 18.2 Å². The summed E-state index contributed by atoms with van der Waals surface area (Å²) in [6.07, 6.45) is -4.54. The first-order valence-corrected chi connectivity index (χ1v) is 5.01. The predicted octanol–water partition coefficient (Wildman–Crippen LogP) is 2.16. The van der Waals surface area contributed by atoms with Crippen LogP contribution in [0, 0.1) is 5.92 Å². The number of hydrogen-bond donors (Lipinski definition) is 1. The molecule has 0 fully saturated rings. The van der Waals surface area contributed by atoms with E-state index in [2.05, 4.69) is 9.97 Å². The number of rotatable bonds is 3. The van der Waals surface area contributed by atoms with Gasteiger partial charge >= 0.3 is 6.18 Å². The Hall–Kier alpha value is -1.37. The van der Waals surface area contributed by atoms with Gasteiger partial charge in [0.2, 0.25) is 5.88 Å². The first-order chi connectivity index (χ1) is 7.75. The van der Waals surface area contributed by atoms with Crippen LogP contribution < -0.4 is 10.5 Å².